The number of ether oxygens (including phenoxy) is 2. The molecule has 3 aromatic heterocycles. The minimum atomic E-state index is 0.553. The van der Waals surface area contributed by atoms with E-state index < -0.39 is 0 Å². The van der Waals surface area contributed by atoms with Gasteiger partial charge in [0.05, 0.1) is 19.5 Å². The molecule has 174 valence electrons. The molecule has 0 radical (unpaired) electrons. The Kier molecular flexibility index (Phi) is 5.65. The third-order valence-corrected chi connectivity index (χ3v) is 5.72. The van der Waals surface area contributed by atoms with Crippen molar-refractivity contribution in [3.05, 3.63) is 79.3 Å². The predicted octanol–water partition coefficient (Wildman–Crippen LogP) is 4.79. The quantitative estimate of drug-likeness (QED) is 0.369. The van der Waals surface area contributed by atoms with Gasteiger partial charge in [-0.25, -0.2) is 19.9 Å². The van der Waals surface area contributed by atoms with Gasteiger partial charge in [0.15, 0.2) is 17.3 Å². The Morgan fingerprint density at radius 2 is 1.66 bits per heavy atom. The third-order valence-electron chi connectivity index (χ3n) is 5.72. The van der Waals surface area contributed by atoms with E-state index in [4.69, 9.17) is 14.5 Å². The molecular formula is C26H23N7O2. The molecule has 6 rings (SSSR count). The summed E-state index contributed by atoms with van der Waals surface area (Å²) in [5.74, 6) is 3.66. The number of morpholine rings is 1. The molecule has 0 bridgehead atoms. The smallest absolute Gasteiger partial charge is 0.183 e. The second-order valence-corrected chi connectivity index (χ2v) is 8.07. The first-order valence-electron chi connectivity index (χ1n) is 11.4. The fourth-order valence-corrected chi connectivity index (χ4v) is 3.92. The summed E-state index contributed by atoms with van der Waals surface area (Å²) in [4.78, 5) is 23.7. The maximum atomic E-state index is 5.88. The van der Waals surface area contributed by atoms with Gasteiger partial charge < -0.3 is 24.7 Å². The van der Waals surface area contributed by atoms with Crippen LogP contribution in [0.2, 0.25) is 0 Å². The molecule has 0 atom stereocenters. The maximum absolute atomic E-state index is 5.88. The van der Waals surface area contributed by atoms with Crippen molar-refractivity contribution in [2.24, 2.45) is 0 Å². The molecular weight excluding hydrogens is 442 g/mol. The maximum Gasteiger partial charge on any atom is 0.183 e. The van der Waals surface area contributed by atoms with Gasteiger partial charge >= 0.3 is 0 Å². The second-order valence-electron chi connectivity index (χ2n) is 8.07. The molecule has 35 heavy (non-hydrogen) atoms. The Labute approximate surface area is 201 Å². The molecule has 4 heterocycles. The van der Waals surface area contributed by atoms with Crippen LogP contribution in [0, 0.1) is 0 Å². The molecule has 0 aliphatic carbocycles. The zero-order valence-electron chi connectivity index (χ0n) is 18.9. The molecule has 0 unspecified atom stereocenters. The lowest BCUT2D eigenvalue weighted by Gasteiger charge is -2.27. The van der Waals surface area contributed by atoms with Crippen LogP contribution in [0.15, 0.2) is 79.3 Å². The van der Waals surface area contributed by atoms with E-state index in [9.17, 15) is 0 Å². The monoisotopic (exact) mass is 465 g/mol. The van der Waals surface area contributed by atoms with Gasteiger partial charge in [0.2, 0.25) is 0 Å². The minimum absolute atomic E-state index is 0.553. The van der Waals surface area contributed by atoms with Gasteiger partial charge in [0, 0.05) is 30.5 Å². The highest BCUT2D eigenvalue weighted by molar-refractivity contribution is 5.86. The van der Waals surface area contributed by atoms with E-state index in [2.05, 4.69) is 30.2 Å². The number of hydrogen-bond donors (Lipinski definition) is 2. The predicted molar refractivity (Wildman–Crippen MR) is 134 cm³/mol. The van der Waals surface area contributed by atoms with Gasteiger partial charge in [-0.2, -0.15) is 0 Å². The number of imidazole rings is 1. The first-order chi connectivity index (χ1) is 17.3. The number of pyridine rings is 1. The first kappa shape index (κ1) is 21.1. The molecule has 0 saturated carbocycles. The molecule has 0 amide bonds. The molecule has 1 saturated heterocycles. The Bertz CT molecular complexity index is 1410. The summed E-state index contributed by atoms with van der Waals surface area (Å²) in [6.45, 7) is 3.12. The standard InChI is InChI=1S/C26H23N7O2/c1-2-4-20(5-3-1)35-21-9-7-19(8-10-21)30-26-23-25(29-17-28-23)31-24(32-26)18-6-11-22(27-16-18)33-12-14-34-15-13-33/h1-11,16-17H,12-15H2,(H2,28,29,30,31,32). The zero-order valence-corrected chi connectivity index (χ0v) is 18.9. The van der Waals surface area contributed by atoms with E-state index in [0.717, 1.165) is 60.4 Å². The minimum Gasteiger partial charge on any atom is -0.457 e. The Balaban J connectivity index is 1.24. The number of nitrogens with zero attached hydrogens (tertiary/aromatic N) is 5. The number of H-pyrrole nitrogens is 1. The largest absolute Gasteiger partial charge is 0.457 e. The van der Waals surface area contributed by atoms with Crippen molar-refractivity contribution in [3.8, 4) is 22.9 Å². The van der Waals surface area contributed by atoms with E-state index in [0.29, 0.717) is 17.3 Å². The average molecular weight is 466 g/mol. The van der Waals surface area contributed by atoms with Gasteiger partial charge in [-0.15, -0.1) is 0 Å². The van der Waals surface area contributed by atoms with Gasteiger partial charge in [0.25, 0.3) is 0 Å². The summed E-state index contributed by atoms with van der Waals surface area (Å²) in [6.07, 6.45) is 3.42. The number of aromatic nitrogens is 5. The van der Waals surface area contributed by atoms with Crippen LogP contribution in [0.1, 0.15) is 0 Å². The number of para-hydroxylation sites is 1. The van der Waals surface area contributed by atoms with Crippen LogP contribution >= 0.6 is 0 Å². The highest BCUT2D eigenvalue weighted by Gasteiger charge is 2.15. The number of fused-ring (bicyclic) bond motifs is 1. The summed E-state index contributed by atoms with van der Waals surface area (Å²) in [6, 6.07) is 21.4. The topological polar surface area (TPSA) is 101 Å². The first-order valence-corrected chi connectivity index (χ1v) is 11.4. The van der Waals surface area contributed by atoms with E-state index in [-0.39, 0.29) is 0 Å². The van der Waals surface area contributed by atoms with Crippen LogP contribution < -0.4 is 15.0 Å². The van der Waals surface area contributed by atoms with Gasteiger partial charge in [-0.1, -0.05) is 18.2 Å². The Morgan fingerprint density at radius 1 is 0.857 bits per heavy atom. The fourth-order valence-electron chi connectivity index (χ4n) is 3.92. The van der Waals surface area contributed by atoms with E-state index >= 15 is 0 Å². The normalized spacial score (nSPS) is 13.7. The summed E-state index contributed by atoms with van der Waals surface area (Å²) in [7, 11) is 0. The number of benzene rings is 2. The Morgan fingerprint density at radius 3 is 2.43 bits per heavy atom. The highest BCUT2D eigenvalue weighted by Crippen LogP contribution is 2.28. The molecule has 5 aromatic rings. The van der Waals surface area contributed by atoms with Gasteiger partial charge in [0.1, 0.15) is 22.8 Å². The van der Waals surface area contributed by atoms with Crippen LogP contribution in [-0.4, -0.2) is 51.2 Å². The summed E-state index contributed by atoms with van der Waals surface area (Å²) < 4.78 is 11.3. The molecule has 2 N–H and O–H groups in total. The van der Waals surface area contributed by atoms with Crippen molar-refractivity contribution >= 4 is 28.5 Å². The second kappa shape index (κ2) is 9.40. The molecule has 9 nitrogen and oxygen atoms in total. The van der Waals surface area contributed by atoms with Crippen LogP contribution in [0.4, 0.5) is 17.3 Å². The lowest BCUT2D eigenvalue weighted by Crippen LogP contribution is -2.36. The summed E-state index contributed by atoms with van der Waals surface area (Å²) >= 11 is 0. The van der Waals surface area contributed by atoms with Crippen molar-refractivity contribution in [3.63, 3.8) is 0 Å². The lowest BCUT2D eigenvalue weighted by atomic mass is 10.2. The zero-order chi connectivity index (χ0) is 23.5. The van der Waals surface area contributed by atoms with Crippen molar-refractivity contribution < 1.29 is 9.47 Å². The van der Waals surface area contributed by atoms with Gasteiger partial charge in [-0.3, -0.25) is 0 Å². The summed E-state index contributed by atoms with van der Waals surface area (Å²) in [5.41, 5.74) is 3.00. The Hall–Kier alpha value is -4.50. The molecule has 1 aliphatic heterocycles. The lowest BCUT2D eigenvalue weighted by molar-refractivity contribution is 0.122. The number of nitrogens with one attached hydrogen (secondary N) is 2. The molecule has 0 spiro atoms. The third kappa shape index (κ3) is 4.62. The van der Waals surface area contributed by atoms with Crippen molar-refractivity contribution in [1.29, 1.82) is 0 Å². The number of hydrogen-bond acceptors (Lipinski definition) is 8. The van der Waals surface area contributed by atoms with E-state index in [1.54, 1.807) is 12.5 Å². The van der Waals surface area contributed by atoms with Crippen molar-refractivity contribution in [1.82, 2.24) is 24.9 Å². The van der Waals surface area contributed by atoms with Crippen LogP contribution in [0.5, 0.6) is 11.5 Å². The van der Waals surface area contributed by atoms with E-state index in [1.165, 1.54) is 0 Å². The van der Waals surface area contributed by atoms with Crippen molar-refractivity contribution in [2.45, 2.75) is 0 Å². The van der Waals surface area contributed by atoms with Crippen LogP contribution in [0.3, 0.4) is 0 Å². The highest BCUT2D eigenvalue weighted by atomic mass is 16.5. The number of rotatable bonds is 6. The molecule has 9 heteroatoms. The SMILES string of the molecule is c1ccc(Oc2ccc(Nc3nc(-c4ccc(N5CCOCC5)nc4)nc4nc[nH]c34)cc2)cc1. The van der Waals surface area contributed by atoms with Crippen molar-refractivity contribution in [2.75, 3.05) is 36.5 Å². The average Bonchev–Trinajstić information content (AvgIpc) is 3.40. The van der Waals surface area contributed by atoms with Crippen LogP contribution in [0.25, 0.3) is 22.6 Å². The van der Waals surface area contributed by atoms with E-state index in [1.807, 2.05) is 66.7 Å². The number of anilines is 3. The fraction of sp³-hybridized carbons (Fsp3) is 0.154. The molecule has 1 fully saturated rings. The molecule has 2 aromatic carbocycles. The number of aromatic amines is 1. The molecule has 1 aliphatic rings. The summed E-state index contributed by atoms with van der Waals surface area (Å²) in [5, 5.41) is 3.38. The van der Waals surface area contributed by atoms with Crippen LogP contribution in [-0.2, 0) is 4.74 Å². The van der Waals surface area contributed by atoms with Gasteiger partial charge in [-0.05, 0) is 48.5 Å².